The van der Waals surface area contributed by atoms with Crippen LogP contribution in [-0.2, 0) is 5.41 Å². The van der Waals surface area contributed by atoms with Crippen molar-refractivity contribution in [1.82, 2.24) is 5.32 Å². The molecule has 0 unspecified atom stereocenters. The molecule has 0 aliphatic heterocycles. The predicted octanol–water partition coefficient (Wildman–Crippen LogP) is 4.62. The monoisotopic (exact) mass is 259 g/mol. The number of hydrogen-bond donors (Lipinski definition) is 1. The standard InChI is InChI=1S/C18H29N/c1-14(2)15-7-9-16(10-8-15)18(11-6-12-18)13-19-17(3,4)5/h7-10,14,19H,6,11-13H2,1-5H3. The number of hydrogen-bond acceptors (Lipinski definition) is 1. The van der Waals surface area contributed by atoms with Crippen molar-refractivity contribution in [3.8, 4) is 0 Å². The van der Waals surface area contributed by atoms with Crippen LogP contribution >= 0.6 is 0 Å². The molecule has 19 heavy (non-hydrogen) atoms. The van der Waals surface area contributed by atoms with E-state index in [1.54, 1.807) is 0 Å². The Morgan fingerprint density at radius 2 is 1.68 bits per heavy atom. The van der Waals surface area contributed by atoms with Crippen LogP contribution in [0, 0.1) is 0 Å². The van der Waals surface area contributed by atoms with Crippen LogP contribution in [-0.4, -0.2) is 12.1 Å². The smallest absolute Gasteiger partial charge is 0.00968 e. The first-order chi connectivity index (χ1) is 8.82. The van der Waals surface area contributed by atoms with Gasteiger partial charge < -0.3 is 5.32 Å². The molecule has 0 radical (unpaired) electrons. The summed E-state index contributed by atoms with van der Waals surface area (Å²) >= 11 is 0. The first-order valence-corrected chi connectivity index (χ1v) is 7.68. The third-order valence-electron chi connectivity index (χ3n) is 4.46. The van der Waals surface area contributed by atoms with Crippen molar-refractivity contribution < 1.29 is 0 Å². The molecule has 1 aromatic rings. The normalized spacial score (nSPS) is 18.4. The Balaban J connectivity index is 2.12. The van der Waals surface area contributed by atoms with E-state index in [9.17, 15) is 0 Å². The second kappa shape index (κ2) is 5.28. The third kappa shape index (κ3) is 3.39. The van der Waals surface area contributed by atoms with Gasteiger partial charge in [-0.25, -0.2) is 0 Å². The maximum atomic E-state index is 3.70. The highest BCUT2D eigenvalue weighted by atomic mass is 15.0. The lowest BCUT2D eigenvalue weighted by Gasteiger charge is -2.44. The van der Waals surface area contributed by atoms with Crippen LogP contribution in [0.5, 0.6) is 0 Å². The molecule has 1 aliphatic rings. The Labute approximate surface area is 118 Å². The van der Waals surface area contributed by atoms with Gasteiger partial charge in [-0.1, -0.05) is 44.5 Å². The number of rotatable bonds is 4. The van der Waals surface area contributed by atoms with Crippen LogP contribution < -0.4 is 5.32 Å². The van der Waals surface area contributed by atoms with Crippen LogP contribution in [0.3, 0.4) is 0 Å². The topological polar surface area (TPSA) is 12.0 Å². The summed E-state index contributed by atoms with van der Waals surface area (Å²) in [4.78, 5) is 0. The van der Waals surface area contributed by atoms with Gasteiger partial charge in [-0.05, 0) is 50.7 Å². The molecular weight excluding hydrogens is 230 g/mol. The fourth-order valence-electron chi connectivity index (χ4n) is 2.83. The Bertz CT molecular complexity index is 404. The first-order valence-electron chi connectivity index (χ1n) is 7.68. The molecule has 0 atom stereocenters. The summed E-state index contributed by atoms with van der Waals surface area (Å²) in [7, 11) is 0. The zero-order valence-corrected chi connectivity index (χ0v) is 13.2. The van der Waals surface area contributed by atoms with Crippen LogP contribution in [0.4, 0.5) is 0 Å². The molecule has 1 N–H and O–H groups in total. The summed E-state index contributed by atoms with van der Waals surface area (Å²) in [5.74, 6) is 0.624. The van der Waals surface area contributed by atoms with Gasteiger partial charge in [0.25, 0.3) is 0 Å². The molecule has 1 nitrogen and oxygen atoms in total. The number of benzene rings is 1. The van der Waals surface area contributed by atoms with Gasteiger partial charge in [0, 0.05) is 17.5 Å². The molecule has 2 rings (SSSR count). The van der Waals surface area contributed by atoms with Gasteiger partial charge in [-0.15, -0.1) is 0 Å². The summed E-state index contributed by atoms with van der Waals surface area (Å²) in [6, 6.07) is 9.35. The van der Waals surface area contributed by atoms with Gasteiger partial charge in [0.05, 0.1) is 0 Å². The average Bonchev–Trinajstić information content (AvgIpc) is 2.26. The van der Waals surface area contributed by atoms with E-state index < -0.39 is 0 Å². The van der Waals surface area contributed by atoms with E-state index in [1.165, 1.54) is 30.4 Å². The lowest BCUT2D eigenvalue weighted by atomic mass is 9.64. The van der Waals surface area contributed by atoms with Crippen molar-refractivity contribution >= 4 is 0 Å². The fourth-order valence-corrected chi connectivity index (χ4v) is 2.83. The average molecular weight is 259 g/mol. The van der Waals surface area contributed by atoms with Crippen molar-refractivity contribution in [2.24, 2.45) is 0 Å². The Morgan fingerprint density at radius 3 is 2.05 bits per heavy atom. The van der Waals surface area contributed by atoms with Crippen molar-refractivity contribution in [2.75, 3.05) is 6.54 Å². The van der Waals surface area contributed by atoms with E-state index >= 15 is 0 Å². The highest BCUT2D eigenvalue weighted by molar-refractivity contribution is 5.33. The largest absolute Gasteiger partial charge is 0.311 e. The van der Waals surface area contributed by atoms with Crippen molar-refractivity contribution in [3.05, 3.63) is 35.4 Å². The molecule has 0 spiro atoms. The Morgan fingerprint density at radius 1 is 1.11 bits per heavy atom. The molecule has 0 amide bonds. The molecular formula is C18H29N. The molecule has 1 saturated carbocycles. The van der Waals surface area contributed by atoms with Gasteiger partial charge in [-0.3, -0.25) is 0 Å². The Kier molecular flexibility index (Phi) is 4.06. The molecule has 1 aromatic carbocycles. The second-order valence-corrected chi connectivity index (χ2v) is 7.51. The summed E-state index contributed by atoms with van der Waals surface area (Å²) in [6.07, 6.45) is 4.03. The van der Waals surface area contributed by atoms with Gasteiger partial charge in [-0.2, -0.15) is 0 Å². The minimum absolute atomic E-state index is 0.209. The van der Waals surface area contributed by atoms with E-state index in [2.05, 4.69) is 64.2 Å². The third-order valence-corrected chi connectivity index (χ3v) is 4.46. The van der Waals surface area contributed by atoms with Crippen LogP contribution in [0.1, 0.15) is 70.9 Å². The molecule has 1 heteroatoms. The van der Waals surface area contributed by atoms with Gasteiger partial charge in [0.15, 0.2) is 0 Å². The van der Waals surface area contributed by atoms with Crippen molar-refractivity contribution in [3.63, 3.8) is 0 Å². The molecule has 106 valence electrons. The highest BCUT2D eigenvalue weighted by Crippen LogP contribution is 2.43. The van der Waals surface area contributed by atoms with E-state index in [-0.39, 0.29) is 5.54 Å². The van der Waals surface area contributed by atoms with E-state index in [1.807, 2.05) is 0 Å². The first kappa shape index (κ1) is 14.6. The van der Waals surface area contributed by atoms with Gasteiger partial charge in [0.2, 0.25) is 0 Å². The summed E-state index contributed by atoms with van der Waals surface area (Å²) in [5, 5.41) is 3.70. The number of nitrogens with one attached hydrogen (secondary N) is 1. The van der Waals surface area contributed by atoms with Crippen molar-refractivity contribution in [2.45, 2.75) is 70.8 Å². The Hall–Kier alpha value is -0.820. The summed E-state index contributed by atoms with van der Waals surface area (Å²) in [6.45, 7) is 12.4. The molecule has 1 fully saturated rings. The predicted molar refractivity (Wildman–Crippen MR) is 83.8 cm³/mol. The maximum absolute atomic E-state index is 3.70. The molecule has 0 heterocycles. The van der Waals surface area contributed by atoms with Gasteiger partial charge in [0.1, 0.15) is 0 Å². The van der Waals surface area contributed by atoms with E-state index in [0.29, 0.717) is 11.3 Å². The fraction of sp³-hybridized carbons (Fsp3) is 0.667. The van der Waals surface area contributed by atoms with E-state index in [4.69, 9.17) is 0 Å². The molecule has 0 aromatic heterocycles. The second-order valence-electron chi connectivity index (χ2n) is 7.51. The van der Waals surface area contributed by atoms with Crippen LogP contribution in [0.25, 0.3) is 0 Å². The van der Waals surface area contributed by atoms with Crippen LogP contribution in [0.15, 0.2) is 24.3 Å². The maximum Gasteiger partial charge on any atom is 0.00968 e. The van der Waals surface area contributed by atoms with Gasteiger partial charge >= 0.3 is 0 Å². The van der Waals surface area contributed by atoms with Crippen LogP contribution in [0.2, 0.25) is 0 Å². The SMILES string of the molecule is CC(C)c1ccc(C2(CNC(C)(C)C)CCC2)cc1. The minimum atomic E-state index is 0.209. The summed E-state index contributed by atoms with van der Waals surface area (Å²) < 4.78 is 0. The summed E-state index contributed by atoms with van der Waals surface area (Å²) in [5.41, 5.74) is 3.57. The lowest BCUT2D eigenvalue weighted by molar-refractivity contribution is 0.213. The quantitative estimate of drug-likeness (QED) is 0.832. The minimum Gasteiger partial charge on any atom is -0.311 e. The van der Waals surface area contributed by atoms with Crippen molar-refractivity contribution in [1.29, 1.82) is 0 Å². The van der Waals surface area contributed by atoms with E-state index in [0.717, 1.165) is 6.54 Å². The molecule has 0 bridgehead atoms. The highest BCUT2D eigenvalue weighted by Gasteiger charge is 2.38. The zero-order valence-electron chi connectivity index (χ0n) is 13.2. The lowest BCUT2D eigenvalue weighted by Crippen LogP contribution is -2.49. The zero-order chi connectivity index (χ0) is 14.1. The molecule has 0 saturated heterocycles. The molecule has 1 aliphatic carbocycles.